The maximum absolute atomic E-state index is 13.3. The van der Waals surface area contributed by atoms with Crippen molar-refractivity contribution in [1.29, 1.82) is 0 Å². The predicted octanol–water partition coefficient (Wildman–Crippen LogP) is 6.23. The van der Waals surface area contributed by atoms with Gasteiger partial charge in [0.1, 0.15) is 0 Å². The number of fused-ring (bicyclic) bond motifs is 1. The first-order chi connectivity index (χ1) is 16.0. The number of carbonyl (C=O) groups excluding carboxylic acids is 1. The SMILES string of the molecule is Cc1ccc(SCCC(=O)N(CCCN2CCOCC2)c2nc3c(C)cc(Cl)cc3s2)cc1.Cl. The Labute approximate surface area is 221 Å². The third kappa shape index (κ3) is 7.33. The largest absolute Gasteiger partial charge is 0.379 e. The minimum Gasteiger partial charge on any atom is -0.379 e. The first kappa shape index (κ1) is 27.2. The number of nitrogens with zero attached hydrogens (tertiary/aromatic N) is 3. The average Bonchev–Trinajstić information content (AvgIpc) is 3.22. The Morgan fingerprint density at radius 2 is 1.94 bits per heavy atom. The molecule has 34 heavy (non-hydrogen) atoms. The Morgan fingerprint density at radius 1 is 1.21 bits per heavy atom. The van der Waals surface area contributed by atoms with Gasteiger partial charge in [-0.15, -0.1) is 24.2 Å². The van der Waals surface area contributed by atoms with Crippen molar-refractivity contribution in [2.75, 3.05) is 50.0 Å². The number of benzene rings is 2. The van der Waals surface area contributed by atoms with E-state index in [2.05, 4.69) is 36.1 Å². The molecule has 0 spiro atoms. The summed E-state index contributed by atoms with van der Waals surface area (Å²) in [5, 5.41) is 1.47. The van der Waals surface area contributed by atoms with Crippen LogP contribution in [0.15, 0.2) is 41.3 Å². The lowest BCUT2D eigenvalue weighted by Gasteiger charge is -2.27. The van der Waals surface area contributed by atoms with Crippen LogP contribution < -0.4 is 4.90 Å². The normalized spacial score (nSPS) is 14.2. The summed E-state index contributed by atoms with van der Waals surface area (Å²) < 4.78 is 6.47. The molecule has 0 radical (unpaired) electrons. The predicted molar refractivity (Wildman–Crippen MR) is 147 cm³/mol. The molecule has 0 N–H and O–H groups in total. The van der Waals surface area contributed by atoms with Crippen LogP contribution in [0.4, 0.5) is 5.13 Å². The van der Waals surface area contributed by atoms with Gasteiger partial charge < -0.3 is 4.74 Å². The van der Waals surface area contributed by atoms with Crippen molar-refractivity contribution in [3.8, 4) is 0 Å². The van der Waals surface area contributed by atoms with E-state index in [9.17, 15) is 4.79 Å². The number of anilines is 1. The van der Waals surface area contributed by atoms with Crippen LogP contribution in [0.5, 0.6) is 0 Å². The van der Waals surface area contributed by atoms with Gasteiger partial charge in [0.2, 0.25) is 5.91 Å². The Morgan fingerprint density at radius 3 is 2.68 bits per heavy atom. The van der Waals surface area contributed by atoms with Gasteiger partial charge in [-0.1, -0.05) is 40.6 Å². The van der Waals surface area contributed by atoms with E-state index in [1.165, 1.54) is 10.5 Å². The van der Waals surface area contributed by atoms with E-state index >= 15 is 0 Å². The lowest BCUT2D eigenvalue weighted by atomic mass is 10.2. The van der Waals surface area contributed by atoms with Crippen LogP contribution in [0, 0.1) is 13.8 Å². The van der Waals surface area contributed by atoms with Gasteiger partial charge in [0.25, 0.3) is 0 Å². The lowest BCUT2D eigenvalue weighted by molar-refractivity contribution is -0.118. The summed E-state index contributed by atoms with van der Waals surface area (Å²) in [5.41, 5.74) is 3.21. The lowest BCUT2D eigenvalue weighted by Crippen LogP contribution is -2.39. The van der Waals surface area contributed by atoms with Crippen LogP contribution >= 0.6 is 47.1 Å². The van der Waals surface area contributed by atoms with Crippen LogP contribution in [-0.4, -0.2) is 60.9 Å². The van der Waals surface area contributed by atoms with Gasteiger partial charge >= 0.3 is 0 Å². The molecule has 1 aliphatic rings. The summed E-state index contributed by atoms with van der Waals surface area (Å²) in [6.07, 6.45) is 1.39. The highest BCUT2D eigenvalue weighted by molar-refractivity contribution is 7.99. The Kier molecular flexibility index (Phi) is 10.5. The fraction of sp³-hybridized carbons (Fsp3) is 0.440. The maximum Gasteiger partial charge on any atom is 0.229 e. The van der Waals surface area contributed by atoms with Crippen LogP contribution in [0.1, 0.15) is 24.0 Å². The number of hydrogen-bond acceptors (Lipinski definition) is 6. The minimum atomic E-state index is 0. The van der Waals surface area contributed by atoms with Gasteiger partial charge in [0.15, 0.2) is 5.13 Å². The van der Waals surface area contributed by atoms with Crippen molar-refractivity contribution < 1.29 is 9.53 Å². The second kappa shape index (κ2) is 13.1. The van der Waals surface area contributed by atoms with Crippen LogP contribution in [0.3, 0.4) is 0 Å². The molecule has 0 bridgehead atoms. The molecule has 2 aromatic carbocycles. The summed E-state index contributed by atoms with van der Waals surface area (Å²) in [6.45, 7) is 9.21. The number of rotatable bonds is 9. The van der Waals surface area contributed by atoms with E-state index in [1.807, 2.05) is 24.0 Å². The number of aryl methyl sites for hydroxylation is 2. The third-order valence-corrected chi connectivity index (χ3v) is 7.99. The number of amides is 1. The fourth-order valence-electron chi connectivity index (χ4n) is 3.89. The molecule has 9 heteroatoms. The van der Waals surface area contributed by atoms with Gasteiger partial charge in [0, 0.05) is 48.3 Å². The molecule has 0 unspecified atom stereocenters. The second-order valence-corrected chi connectivity index (χ2v) is 10.9. The third-order valence-electron chi connectivity index (χ3n) is 5.74. The number of carbonyl (C=O) groups is 1. The second-order valence-electron chi connectivity index (χ2n) is 8.33. The van der Waals surface area contributed by atoms with Crippen molar-refractivity contribution in [2.45, 2.75) is 31.6 Å². The Bertz CT molecular complexity index is 1090. The summed E-state index contributed by atoms with van der Waals surface area (Å²) >= 11 is 9.53. The van der Waals surface area contributed by atoms with Crippen molar-refractivity contribution in [3.05, 3.63) is 52.5 Å². The van der Waals surface area contributed by atoms with Gasteiger partial charge in [-0.05, 0) is 50.1 Å². The molecule has 0 atom stereocenters. The van der Waals surface area contributed by atoms with Crippen molar-refractivity contribution in [1.82, 2.24) is 9.88 Å². The Balaban J connectivity index is 0.00000324. The summed E-state index contributed by atoms with van der Waals surface area (Å²) in [7, 11) is 0. The van der Waals surface area contributed by atoms with Gasteiger partial charge in [-0.3, -0.25) is 14.6 Å². The zero-order valence-corrected chi connectivity index (χ0v) is 22.8. The van der Waals surface area contributed by atoms with E-state index in [1.54, 1.807) is 23.1 Å². The summed E-state index contributed by atoms with van der Waals surface area (Å²) in [6, 6.07) is 12.3. The van der Waals surface area contributed by atoms with Crippen LogP contribution in [0.2, 0.25) is 5.02 Å². The summed E-state index contributed by atoms with van der Waals surface area (Å²) in [4.78, 5) is 23.6. The zero-order valence-electron chi connectivity index (χ0n) is 19.6. The number of aromatic nitrogens is 1. The summed E-state index contributed by atoms with van der Waals surface area (Å²) in [5.74, 6) is 0.872. The van der Waals surface area contributed by atoms with E-state index in [-0.39, 0.29) is 18.3 Å². The molecule has 2 heterocycles. The number of morpholine rings is 1. The maximum atomic E-state index is 13.3. The highest BCUT2D eigenvalue weighted by Crippen LogP contribution is 2.33. The molecule has 0 aliphatic carbocycles. The average molecular weight is 541 g/mol. The molecule has 1 amide bonds. The number of hydrogen-bond donors (Lipinski definition) is 0. The van der Waals surface area contributed by atoms with Crippen LogP contribution in [0.25, 0.3) is 10.2 Å². The minimum absolute atomic E-state index is 0. The highest BCUT2D eigenvalue weighted by atomic mass is 35.5. The number of halogens is 2. The molecule has 1 aliphatic heterocycles. The zero-order chi connectivity index (χ0) is 23.2. The van der Waals surface area contributed by atoms with Crippen LogP contribution in [-0.2, 0) is 9.53 Å². The van der Waals surface area contributed by atoms with Crippen molar-refractivity contribution >= 4 is 68.4 Å². The van der Waals surface area contributed by atoms with Gasteiger partial charge in [-0.2, -0.15) is 0 Å². The van der Waals surface area contributed by atoms with E-state index in [0.29, 0.717) is 18.0 Å². The Hall–Kier alpha value is -1.35. The first-order valence-corrected chi connectivity index (χ1v) is 13.5. The molecule has 1 fully saturated rings. The topological polar surface area (TPSA) is 45.7 Å². The van der Waals surface area contributed by atoms with Gasteiger partial charge in [0.05, 0.1) is 23.4 Å². The molecule has 5 nitrogen and oxygen atoms in total. The highest BCUT2D eigenvalue weighted by Gasteiger charge is 2.21. The molecule has 4 rings (SSSR count). The molecule has 1 saturated heterocycles. The van der Waals surface area contributed by atoms with E-state index in [0.717, 1.165) is 65.9 Å². The molecular weight excluding hydrogens is 509 g/mol. The standard InChI is InChI=1S/C25H30ClN3O2S2.ClH/c1-18-4-6-21(7-5-18)32-15-8-23(30)29(10-3-9-28-11-13-31-14-12-28)25-27-24-19(2)16-20(26)17-22(24)33-25;/h4-7,16-17H,3,8-15H2,1-2H3;1H. The van der Waals surface area contributed by atoms with Crippen molar-refractivity contribution in [3.63, 3.8) is 0 Å². The first-order valence-electron chi connectivity index (χ1n) is 11.4. The fourth-order valence-corrected chi connectivity index (χ4v) is 6.19. The number of thioether (sulfide) groups is 1. The molecule has 0 saturated carbocycles. The monoisotopic (exact) mass is 539 g/mol. The number of thiazole rings is 1. The molecule has 1 aromatic heterocycles. The molecule has 3 aromatic rings. The van der Waals surface area contributed by atoms with Gasteiger partial charge in [-0.25, -0.2) is 4.98 Å². The molecule has 184 valence electrons. The van der Waals surface area contributed by atoms with Crippen molar-refractivity contribution in [2.24, 2.45) is 0 Å². The smallest absolute Gasteiger partial charge is 0.229 e. The van der Waals surface area contributed by atoms with E-state index < -0.39 is 0 Å². The number of ether oxygens (including phenoxy) is 1. The quantitative estimate of drug-likeness (QED) is 0.301. The molecular formula is C25H31Cl2N3O2S2. The van der Waals surface area contributed by atoms with E-state index in [4.69, 9.17) is 21.3 Å².